The first-order valence-electron chi connectivity index (χ1n) is 8.79. The lowest BCUT2D eigenvalue weighted by Crippen LogP contribution is -2.25. The molecule has 140 valence electrons. The van der Waals surface area contributed by atoms with E-state index in [0.717, 1.165) is 5.69 Å². The summed E-state index contributed by atoms with van der Waals surface area (Å²) in [6.45, 7) is 2.09. The van der Waals surface area contributed by atoms with Crippen molar-refractivity contribution in [2.24, 2.45) is 0 Å². The van der Waals surface area contributed by atoms with Crippen LogP contribution in [0.3, 0.4) is 0 Å². The Bertz CT molecular complexity index is 1170. The van der Waals surface area contributed by atoms with Gasteiger partial charge in [-0.05, 0) is 36.8 Å². The Labute approximate surface area is 165 Å². The van der Waals surface area contributed by atoms with Crippen LogP contribution in [0.15, 0.2) is 77.2 Å². The number of carbonyl (C=O) groups is 1. The van der Waals surface area contributed by atoms with E-state index in [1.54, 1.807) is 23.7 Å². The van der Waals surface area contributed by atoms with Crippen LogP contribution in [0.4, 0.5) is 11.4 Å². The van der Waals surface area contributed by atoms with Gasteiger partial charge in [-0.2, -0.15) is 0 Å². The number of hydrogen-bond acceptors (Lipinski definition) is 5. The van der Waals surface area contributed by atoms with Crippen LogP contribution >= 0.6 is 11.3 Å². The highest BCUT2D eigenvalue weighted by Gasteiger charge is 2.14. The molecule has 2 aromatic heterocycles. The maximum atomic E-state index is 12.5. The average molecular weight is 390 g/mol. The lowest BCUT2D eigenvalue weighted by molar-refractivity contribution is 0.102. The quantitative estimate of drug-likeness (QED) is 0.536. The molecule has 0 spiro atoms. The normalized spacial score (nSPS) is 11.9. The van der Waals surface area contributed by atoms with Gasteiger partial charge < -0.3 is 10.6 Å². The zero-order chi connectivity index (χ0) is 19.5. The molecule has 4 rings (SSSR count). The maximum Gasteiger partial charge on any atom is 0.271 e. The standard InChI is InChI=1S/C21H18N4O2S/c1-14(15-5-3-2-4-6-15)23-16-7-9-17(10-8-16)24-19(26)18-13-22-21-25(20(18)27)11-12-28-21/h2-14,23H,1H3,(H,24,26)/t14-/m0/s1. The van der Waals surface area contributed by atoms with Gasteiger partial charge in [0.2, 0.25) is 0 Å². The number of rotatable bonds is 5. The summed E-state index contributed by atoms with van der Waals surface area (Å²) in [7, 11) is 0. The summed E-state index contributed by atoms with van der Waals surface area (Å²) in [5, 5.41) is 7.93. The van der Waals surface area contributed by atoms with Gasteiger partial charge in [0, 0.05) is 35.2 Å². The van der Waals surface area contributed by atoms with E-state index >= 15 is 0 Å². The van der Waals surface area contributed by atoms with E-state index in [-0.39, 0.29) is 17.2 Å². The van der Waals surface area contributed by atoms with Crippen molar-refractivity contribution in [2.45, 2.75) is 13.0 Å². The molecule has 0 saturated heterocycles. The summed E-state index contributed by atoms with van der Waals surface area (Å²) in [5.74, 6) is -0.475. The van der Waals surface area contributed by atoms with Crippen molar-refractivity contribution in [3.8, 4) is 0 Å². The van der Waals surface area contributed by atoms with Crippen molar-refractivity contribution in [2.75, 3.05) is 10.6 Å². The number of benzene rings is 2. The predicted molar refractivity (Wildman–Crippen MR) is 112 cm³/mol. The minimum Gasteiger partial charge on any atom is -0.379 e. The molecular weight excluding hydrogens is 372 g/mol. The molecule has 0 aliphatic rings. The Morgan fingerprint density at radius 2 is 1.79 bits per heavy atom. The second-order valence-electron chi connectivity index (χ2n) is 6.34. The van der Waals surface area contributed by atoms with E-state index < -0.39 is 5.91 Å². The Kier molecular flexibility index (Phi) is 4.90. The fraction of sp³-hybridized carbons (Fsp3) is 0.0952. The van der Waals surface area contributed by atoms with Crippen LogP contribution in [0.1, 0.15) is 28.9 Å². The number of thiazole rings is 1. The van der Waals surface area contributed by atoms with Gasteiger partial charge >= 0.3 is 0 Å². The molecule has 0 bridgehead atoms. The fourth-order valence-electron chi connectivity index (χ4n) is 2.90. The molecule has 6 nitrogen and oxygen atoms in total. The summed E-state index contributed by atoms with van der Waals surface area (Å²) in [6, 6.07) is 17.7. The van der Waals surface area contributed by atoms with Gasteiger partial charge in [0.15, 0.2) is 4.96 Å². The molecule has 4 aromatic rings. The molecule has 2 heterocycles. The molecule has 0 radical (unpaired) electrons. The lowest BCUT2D eigenvalue weighted by atomic mass is 10.1. The zero-order valence-electron chi connectivity index (χ0n) is 15.1. The van der Waals surface area contributed by atoms with Gasteiger partial charge in [0.1, 0.15) is 5.56 Å². The third-order valence-corrected chi connectivity index (χ3v) is 5.18. The second-order valence-corrected chi connectivity index (χ2v) is 7.21. The Hall–Kier alpha value is -3.45. The van der Waals surface area contributed by atoms with Crippen molar-refractivity contribution in [3.63, 3.8) is 0 Å². The smallest absolute Gasteiger partial charge is 0.271 e. The summed E-state index contributed by atoms with van der Waals surface area (Å²) in [6.07, 6.45) is 2.93. The van der Waals surface area contributed by atoms with Crippen LogP contribution in [0.5, 0.6) is 0 Å². The number of nitrogens with one attached hydrogen (secondary N) is 2. The fourth-order valence-corrected chi connectivity index (χ4v) is 3.58. The second kappa shape index (κ2) is 7.66. The van der Waals surface area contributed by atoms with Gasteiger partial charge in [0.25, 0.3) is 11.5 Å². The molecule has 0 saturated carbocycles. The summed E-state index contributed by atoms with van der Waals surface area (Å²) in [4.78, 5) is 29.6. The molecule has 2 aromatic carbocycles. The number of carbonyl (C=O) groups excluding carboxylic acids is 1. The van der Waals surface area contributed by atoms with E-state index in [1.165, 1.54) is 27.5 Å². The largest absolute Gasteiger partial charge is 0.379 e. The van der Waals surface area contributed by atoms with E-state index in [4.69, 9.17) is 0 Å². The third-order valence-electron chi connectivity index (χ3n) is 4.41. The van der Waals surface area contributed by atoms with Crippen molar-refractivity contribution in [3.05, 3.63) is 93.9 Å². The van der Waals surface area contributed by atoms with Crippen LogP contribution in [0, 0.1) is 0 Å². The number of aromatic nitrogens is 2. The van der Waals surface area contributed by atoms with Gasteiger partial charge in [-0.15, -0.1) is 11.3 Å². The summed E-state index contributed by atoms with van der Waals surface area (Å²) >= 11 is 1.34. The monoisotopic (exact) mass is 390 g/mol. The van der Waals surface area contributed by atoms with E-state index in [0.29, 0.717) is 10.6 Å². The zero-order valence-corrected chi connectivity index (χ0v) is 15.9. The highest BCUT2D eigenvalue weighted by Crippen LogP contribution is 2.21. The minimum absolute atomic E-state index is 0.0100. The molecule has 0 aliphatic carbocycles. The predicted octanol–water partition coefficient (Wildman–Crippen LogP) is 4.18. The minimum atomic E-state index is -0.475. The van der Waals surface area contributed by atoms with Gasteiger partial charge in [-0.25, -0.2) is 4.98 Å². The van der Waals surface area contributed by atoms with Crippen LogP contribution in [0.25, 0.3) is 4.96 Å². The van der Waals surface area contributed by atoms with Crippen molar-refractivity contribution in [1.29, 1.82) is 0 Å². The molecular formula is C21H18N4O2S. The number of nitrogens with zero attached hydrogens (tertiary/aromatic N) is 2. The van der Waals surface area contributed by atoms with E-state index in [9.17, 15) is 9.59 Å². The Morgan fingerprint density at radius 1 is 1.07 bits per heavy atom. The first-order valence-corrected chi connectivity index (χ1v) is 9.67. The van der Waals surface area contributed by atoms with Crippen LogP contribution in [-0.2, 0) is 0 Å². The maximum absolute atomic E-state index is 12.5. The Balaban J connectivity index is 1.46. The summed E-state index contributed by atoms with van der Waals surface area (Å²) < 4.78 is 1.37. The topological polar surface area (TPSA) is 75.5 Å². The molecule has 1 amide bonds. The molecule has 0 aliphatic heterocycles. The first-order chi connectivity index (χ1) is 13.6. The van der Waals surface area contributed by atoms with Gasteiger partial charge in [-0.3, -0.25) is 14.0 Å². The molecule has 7 heteroatoms. The molecule has 28 heavy (non-hydrogen) atoms. The highest BCUT2D eigenvalue weighted by atomic mass is 32.1. The van der Waals surface area contributed by atoms with Crippen LogP contribution < -0.4 is 16.2 Å². The summed E-state index contributed by atoms with van der Waals surface area (Å²) in [5.41, 5.74) is 2.37. The average Bonchev–Trinajstić information content (AvgIpc) is 3.20. The SMILES string of the molecule is C[C@H](Nc1ccc(NC(=O)c2cnc3sccn3c2=O)cc1)c1ccccc1. The third kappa shape index (κ3) is 3.65. The Morgan fingerprint density at radius 3 is 2.54 bits per heavy atom. The van der Waals surface area contributed by atoms with Crippen molar-refractivity contribution in [1.82, 2.24) is 9.38 Å². The van der Waals surface area contributed by atoms with E-state index in [2.05, 4.69) is 34.7 Å². The molecule has 2 N–H and O–H groups in total. The van der Waals surface area contributed by atoms with Crippen LogP contribution in [0.2, 0.25) is 0 Å². The first kappa shape index (κ1) is 17.9. The molecule has 1 atom stereocenters. The van der Waals surface area contributed by atoms with Crippen molar-refractivity contribution < 1.29 is 4.79 Å². The van der Waals surface area contributed by atoms with Gasteiger partial charge in [0.05, 0.1) is 0 Å². The van der Waals surface area contributed by atoms with E-state index in [1.807, 2.05) is 30.3 Å². The lowest BCUT2D eigenvalue weighted by Gasteiger charge is -2.16. The van der Waals surface area contributed by atoms with Crippen molar-refractivity contribution >= 4 is 33.6 Å². The number of hydrogen-bond donors (Lipinski definition) is 2. The number of amides is 1. The van der Waals surface area contributed by atoms with Crippen LogP contribution in [-0.4, -0.2) is 15.3 Å². The van der Waals surface area contributed by atoms with Gasteiger partial charge in [-0.1, -0.05) is 30.3 Å². The molecule has 0 unspecified atom stereocenters. The molecule has 0 fully saturated rings. The highest BCUT2D eigenvalue weighted by molar-refractivity contribution is 7.15. The number of anilines is 2. The number of fused-ring (bicyclic) bond motifs is 1.